The number of halogens is 1. The summed E-state index contributed by atoms with van der Waals surface area (Å²) in [7, 11) is 0. The highest BCUT2D eigenvalue weighted by molar-refractivity contribution is 5.98. The van der Waals surface area contributed by atoms with Crippen molar-refractivity contribution in [2.24, 2.45) is 0 Å². The molecule has 3 aromatic rings. The number of aromatic amines is 1. The number of benzene rings is 2. The van der Waals surface area contributed by atoms with Crippen molar-refractivity contribution in [3.8, 4) is 0 Å². The van der Waals surface area contributed by atoms with Gasteiger partial charge in [0.25, 0.3) is 5.91 Å². The van der Waals surface area contributed by atoms with E-state index < -0.39 is 0 Å². The molecule has 4 heteroatoms. The number of nitrogens with one attached hydrogen (secondary N) is 2. The number of H-pyrrole nitrogens is 1. The molecule has 1 heterocycles. The minimum atomic E-state index is -0.334. The van der Waals surface area contributed by atoms with Gasteiger partial charge in [0.05, 0.1) is 6.04 Å². The Balaban J connectivity index is 1.82. The number of hydrogen-bond acceptors (Lipinski definition) is 1. The Labute approximate surface area is 121 Å². The Kier molecular flexibility index (Phi) is 3.44. The monoisotopic (exact) mass is 282 g/mol. The lowest BCUT2D eigenvalue weighted by molar-refractivity contribution is 0.0935. The smallest absolute Gasteiger partial charge is 0.268 e. The molecule has 0 bridgehead atoms. The quantitative estimate of drug-likeness (QED) is 0.754. The zero-order chi connectivity index (χ0) is 14.8. The molecule has 21 heavy (non-hydrogen) atoms. The molecule has 3 rings (SSSR count). The second kappa shape index (κ2) is 5.40. The summed E-state index contributed by atoms with van der Waals surface area (Å²) in [6.45, 7) is 1.91. The number of fused-ring (bicyclic) bond motifs is 1. The van der Waals surface area contributed by atoms with Crippen LogP contribution in [0, 0.1) is 5.82 Å². The first-order chi connectivity index (χ1) is 10.1. The molecule has 1 amide bonds. The molecule has 1 atom stereocenters. The van der Waals surface area contributed by atoms with Crippen molar-refractivity contribution < 1.29 is 9.18 Å². The fourth-order valence-corrected chi connectivity index (χ4v) is 2.34. The first-order valence-electron chi connectivity index (χ1n) is 6.78. The van der Waals surface area contributed by atoms with Gasteiger partial charge in [-0.25, -0.2) is 4.39 Å². The first-order valence-corrected chi connectivity index (χ1v) is 6.78. The first kappa shape index (κ1) is 13.4. The standard InChI is InChI=1S/C17H15FN2O/c1-11(12-6-3-2-4-7-12)19-17(21)16-10-13-14(18)8-5-9-15(13)20-16/h2-11,20H,1H3,(H,19,21). The van der Waals surface area contributed by atoms with Crippen molar-refractivity contribution in [2.75, 3.05) is 0 Å². The fraction of sp³-hybridized carbons (Fsp3) is 0.118. The van der Waals surface area contributed by atoms with Crippen molar-refractivity contribution in [2.45, 2.75) is 13.0 Å². The van der Waals surface area contributed by atoms with Gasteiger partial charge in [-0.05, 0) is 30.7 Å². The Morgan fingerprint density at radius 1 is 1.14 bits per heavy atom. The highest BCUT2D eigenvalue weighted by atomic mass is 19.1. The van der Waals surface area contributed by atoms with E-state index >= 15 is 0 Å². The van der Waals surface area contributed by atoms with Crippen molar-refractivity contribution in [1.82, 2.24) is 10.3 Å². The molecule has 2 N–H and O–H groups in total. The Morgan fingerprint density at radius 2 is 1.90 bits per heavy atom. The Hall–Kier alpha value is -2.62. The Bertz CT molecular complexity index is 780. The van der Waals surface area contributed by atoms with E-state index in [9.17, 15) is 9.18 Å². The summed E-state index contributed by atoms with van der Waals surface area (Å²) in [5, 5.41) is 3.33. The van der Waals surface area contributed by atoms with E-state index in [1.807, 2.05) is 37.3 Å². The Morgan fingerprint density at radius 3 is 2.62 bits per heavy atom. The average molecular weight is 282 g/mol. The van der Waals surface area contributed by atoms with Crippen LogP contribution in [-0.2, 0) is 0 Å². The largest absolute Gasteiger partial charge is 0.350 e. The summed E-state index contributed by atoms with van der Waals surface area (Å²) >= 11 is 0. The summed E-state index contributed by atoms with van der Waals surface area (Å²) in [4.78, 5) is 15.2. The van der Waals surface area contributed by atoms with Gasteiger partial charge in [-0.2, -0.15) is 0 Å². The van der Waals surface area contributed by atoms with E-state index in [2.05, 4.69) is 10.3 Å². The van der Waals surface area contributed by atoms with Crippen molar-refractivity contribution in [3.63, 3.8) is 0 Å². The van der Waals surface area contributed by atoms with Gasteiger partial charge in [0, 0.05) is 10.9 Å². The minimum absolute atomic E-state index is 0.116. The van der Waals surface area contributed by atoms with E-state index in [4.69, 9.17) is 0 Å². The third kappa shape index (κ3) is 2.65. The maximum absolute atomic E-state index is 13.6. The third-order valence-corrected chi connectivity index (χ3v) is 3.50. The van der Waals surface area contributed by atoms with Crippen LogP contribution in [0.3, 0.4) is 0 Å². The minimum Gasteiger partial charge on any atom is -0.350 e. The molecule has 0 saturated heterocycles. The van der Waals surface area contributed by atoms with E-state index in [0.29, 0.717) is 16.6 Å². The van der Waals surface area contributed by atoms with Gasteiger partial charge in [-0.1, -0.05) is 36.4 Å². The normalized spacial score (nSPS) is 12.3. The summed E-state index contributed by atoms with van der Waals surface area (Å²) in [5.74, 6) is -0.583. The maximum atomic E-state index is 13.6. The molecule has 106 valence electrons. The zero-order valence-corrected chi connectivity index (χ0v) is 11.6. The van der Waals surface area contributed by atoms with Crippen molar-refractivity contribution >= 4 is 16.8 Å². The molecule has 3 nitrogen and oxygen atoms in total. The van der Waals surface area contributed by atoms with Crippen LogP contribution in [0.5, 0.6) is 0 Å². The molecule has 0 saturated carbocycles. The molecule has 0 aliphatic rings. The van der Waals surface area contributed by atoms with E-state index in [1.165, 1.54) is 12.1 Å². The van der Waals surface area contributed by atoms with Crippen molar-refractivity contribution in [3.05, 3.63) is 71.7 Å². The van der Waals surface area contributed by atoms with E-state index in [0.717, 1.165) is 5.56 Å². The highest BCUT2D eigenvalue weighted by Gasteiger charge is 2.14. The van der Waals surface area contributed by atoms with E-state index in [-0.39, 0.29) is 17.8 Å². The lowest BCUT2D eigenvalue weighted by Gasteiger charge is -2.13. The molecule has 2 aromatic carbocycles. The molecule has 0 spiro atoms. The number of amides is 1. The van der Waals surface area contributed by atoms with Crippen LogP contribution in [0.2, 0.25) is 0 Å². The van der Waals surface area contributed by atoms with Crippen LogP contribution in [0.1, 0.15) is 29.0 Å². The molecule has 1 aromatic heterocycles. The van der Waals surface area contributed by atoms with Gasteiger partial charge in [0.1, 0.15) is 11.5 Å². The number of carbonyl (C=O) groups is 1. The predicted octanol–water partition coefficient (Wildman–Crippen LogP) is 3.80. The molecular formula is C17H15FN2O. The third-order valence-electron chi connectivity index (χ3n) is 3.50. The van der Waals surface area contributed by atoms with Gasteiger partial charge in [0.2, 0.25) is 0 Å². The lowest BCUT2D eigenvalue weighted by Crippen LogP contribution is -2.26. The lowest BCUT2D eigenvalue weighted by atomic mass is 10.1. The van der Waals surface area contributed by atoms with E-state index in [1.54, 1.807) is 12.1 Å². The second-order valence-electron chi connectivity index (χ2n) is 4.99. The SMILES string of the molecule is CC(NC(=O)c1cc2c(F)cccc2[nH]1)c1ccccc1. The molecular weight excluding hydrogens is 267 g/mol. The average Bonchev–Trinajstić information content (AvgIpc) is 2.94. The van der Waals surface area contributed by atoms with Crippen LogP contribution >= 0.6 is 0 Å². The van der Waals surface area contributed by atoms with Crippen LogP contribution in [0.4, 0.5) is 4.39 Å². The summed E-state index contributed by atoms with van der Waals surface area (Å²) < 4.78 is 13.6. The summed E-state index contributed by atoms with van der Waals surface area (Å²) in [5.41, 5.74) is 2.00. The van der Waals surface area contributed by atoms with Gasteiger partial charge >= 0.3 is 0 Å². The number of aromatic nitrogens is 1. The van der Waals surface area contributed by atoms with Crippen LogP contribution in [0.15, 0.2) is 54.6 Å². The maximum Gasteiger partial charge on any atom is 0.268 e. The summed E-state index contributed by atoms with van der Waals surface area (Å²) in [6.07, 6.45) is 0. The topological polar surface area (TPSA) is 44.9 Å². The zero-order valence-electron chi connectivity index (χ0n) is 11.6. The fourth-order valence-electron chi connectivity index (χ4n) is 2.34. The van der Waals surface area contributed by atoms with Crippen LogP contribution < -0.4 is 5.32 Å². The summed E-state index contributed by atoms with van der Waals surface area (Å²) in [6, 6.07) is 15.9. The highest BCUT2D eigenvalue weighted by Crippen LogP contribution is 2.19. The van der Waals surface area contributed by atoms with Crippen molar-refractivity contribution in [1.29, 1.82) is 0 Å². The van der Waals surface area contributed by atoms with Gasteiger partial charge in [-0.15, -0.1) is 0 Å². The molecule has 0 aliphatic carbocycles. The van der Waals surface area contributed by atoms with Crippen LogP contribution in [-0.4, -0.2) is 10.9 Å². The number of rotatable bonds is 3. The number of hydrogen-bond donors (Lipinski definition) is 2. The number of carbonyl (C=O) groups excluding carboxylic acids is 1. The van der Waals surface area contributed by atoms with Gasteiger partial charge < -0.3 is 10.3 Å². The van der Waals surface area contributed by atoms with Gasteiger partial charge in [-0.3, -0.25) is 4.79 Å². The molecule has 0 radical (unpaired) electrons. The second-order valence-corrected chi connectivity index (χ2v) is 4.99. The predicted molar refractivity (Wildman–Crippen MR) is 80.6 cm³/mol. The molecule has 1 unspecified atom stereocenters. The van der Waals surface area contributed by atoms with Crippen LogP contribution in [0.25, 0.3) is 10.9 Å². The van der Waals surface area contributed by atoms with Gasteiger partial charge in [0.15, 0.2) is 0 Å². The molecule has 0 fully saturated rings. The molecule has 0 aliphatic heterocycles.